The number of aromatic amines is 1. The highest BCUT2D eigenvalue weighted by Crippen LogP contribution is 1.94. The number of nitrogens with two attached hydrogens (primary N) is 1. The number of nitrogens with zero attached hydrogens (tertiary/aromatic N) is 1. The van der Waals surface area contributed by atoms with Crippen molar-refractivity contribution in [3.8, 4) is 0 Å². The van der Waals surface area contributed by atoms with E-state index in [4.69, 9.17) is 17.3 Å². The molecular weight excluding hydrogens is 154 g/mol. The molecule has 4 nitrogen and oxygen atoms in total. The molecule has 10 heavy (non-hydrogen) atoms. The molecule has 0 bridgehead atoms. The highest BCUT2D eigenvalue weighted by molar-refractivity contribution is 6.16. The number of hydrogen-bond donors (Lipinski definition) is 2. The van der Waals surface area contributed by atoms with Crippen LogP contribution >= 0.6 is 11.6 Å². The van der Waals surface area contributed by atoms with Crippen LogP contribution in [0, 0.1) is 0 Å². The van der Waals surface area contributed by atoms with Crippen LogP contribution in [0.5, 0.6) is 0 Å². The van der Waals surface area contributed by atoms with Crippen molar-refractivity contribution in [3.63, 3.8) is 0 Å². The summed E-state index contributed by atoms with van der Waals surface area (Å²) in [5.41, 5.74) is 4.97. The second-order valence-electron chi connectivity index (χ2n) is 1.75. The van der Waals surface area contributed by atoms with Gasteiger partial charge in [0.05, 0.1) is 5.88 Å². The highest BCUT2D eigenvalue weighted by atomic mass is 35.5. The molecule has 0 unspecified atom stereocenters. The largest absolute Gasteiger partial charge is 0.383 e. The van der Waals surface area contributed by atoms with Crippen LogP contribution in [-0.2, 0) is 5.88 Å². The normalized spacial score (nSPS) is 9.70. The number of alkyl halides is 1. The Bertz CT molecular complexity index is 282. The molecule has 0 atom stereocenters. The van der Waals surface area contributed by atoms with E-state index in [0.717, 1.165) is 0 Å². The van der Waals surface area contributed by atoms with E-state index in [1.54, 1.807) is 0 Å². The molecule has 0 amide bonds. The summed E-state index contributed by atoms with van der Waals surface area (Å²) in [7, 11) is 0. The molecular formula is C5H6ClN3O. The number of nitrogen functional groups attached to an aromatic ring is 1. The summed E-state index contributed by atoms with van der Waals surface area (Å²) in [5.74, 6) is 0.756. The van der Waals surface area contributed by atoms with Crippen molar-refractivity contribution < 1.29 is 0 Å². The smallest absolute Gasteiger partial charge is 0.253 e. The Kier molecular flexibility index (Phi) is 1.91. The zero-order chi connectivity index (χ0) is 7.56. The summed E-state index contributed by atoms with van der Waals surface area (Å²) in [6, 6.07) is 1.20. The fourth-order valence-electron chi connectivity index (χ4n) is 0.592. The second-order valence-corrected chi connectivity index (χ2v) is 2.02. The molecule has 3 N–H and O–H groups in total. The van der Waals surface area contributed by atoms with Crippen LogP contribution in [-0.4, -0.2) is 9.97 Å². The SMILES string of the molecule is Nc1cc(=O)[nH]c(CCl)n1. The molecule has 1 aromatic rings. The molecule has 0 radical (unpaired) electrons. The van der Waals surface area contributed by atoms with Gasteiger partial charge in [0.25, 0.3) is 5.56 Å². The Morgan fingerprint density at radius 1 is 1.80 bits per heavy atom. The maximum atomic E-state index is 10.6. The van der Waals surface area contributed by atoms with Gasteiger partial charge in [0, 0.05) is 6.07 Å². The Balaban J connectivity index is 3.19. The van der Waals surface area contributed by atoms with Gasteiger partial charge in [-0.3, -0.25) is 4.79 Å². The number of anilines is 1. The Morgan fingerprint density at radius 2 is 2.50 bits per heavy atom. The van der Waals surface area contributed by atoms with Crippen molar-refractivity contribution in [1.82, 2.24) is 9.97 Å². The lowest BCUT2D eigenvalue weighted by Crippen LogP contribution is -2.11. The van der Waals surface area contributed by atoms with Gasteiger partial charge in [-0.2, -0.15) is 0 Å². The lowest BCUT2D eigenvalue weighted by atomic mass is 10.5. The molecule has 1 heterocycles. The van der Waals surface area contributed by atoms with Gasteiger partial charge >= 0.3 is 0 Å². The number of hydrogen-bond acceptors (Lipinski definition) is 3. The average molecular weight is 160 g/mol. The van der Waals surface area contributed by atoms with Crippen LogP contribution < -0.4 is 11.3 Å². The Hall–Kier alpha value is -1.03. The number of H-pyrrole nitrogens is 1. The van der Waals surface area contributed by atoms with Crippen molar-refractivity contribution in [1.29, 1.82) is 0 Å². The minimum Gasteiger partial charge on any atom is -0.383 e. The molecule has 1 aromatic heterocycles. The van der Waals surface area contributed by atoms with E-state index in [1.165, 1.54) is 6.07 Å². The minimum atomic E-state index is -0.275. The topological polar surface area (TPSA) is 71.8 Å². The summed E-state index contributed by atoms with van der Waals surface area (Å²) in [4.78, 5) is 16.8. The van der Waals surface area contributed by atoms with Crippen LogP contribution in [0.3, 0.4) is 0 Å². The quantitative estimate of drug-likeness (QED) is 0.571. The monoisotopic (exact) mass is 159 g/mol. The van der Waals surface area contributed by atoms with E-state index < -0.39 is 0 Å². The first-order valence-electron chi connectivity index (χ1n) is 2.64. The summed E-state index contributed by atoms with van der Waals surface area (Å²) in [6.45, 7) is 0. The molecule has 0 spiro atoms. The molecule has 0 aliphatic rings. The van der Waals surface area contributed by atoms with Gasteiger partial charge in [-0.15, -0.1) is 11.6 Å². The first-order chi connectivity index (χ1) is 4.72. The van der Waals surface area contributed by atoms with Crippen molar-refractivity contribution >= 4 is 17.4 Å². The maximum Gasteiger partial charge on any atom is 0.253 e. The van der Waals surface area contributed by atoms with Crippen molar-refractivity contribution in [2.45, 2.75) is 5.88 Å². The predicted molar refractivity (Wildman–Crippen MR) is 38.8 cm³/mol. The first-order valence-corrected chi connectivity index (χ1v) is 3.17. The summed E-state index contributed by atoms with van der Waals surface area (Å²) < 4.78 is 0. The fourth-order valence-corrected chi connectivity index (χ4v) is 0.719. The molecule has 0 saturated carbocycles. The maximum absolute atomic E-state index is 10.6. The van der Waals surface area contributed by atoms with E-state index in [1.807, 2.05) is 0 Å². The third-order valence-corrected chi connectivity index (χ3v) is 1.19. The standard InChI is InChI=1S/C5H6ClN3O/c6-2-4-8-3(7)1-5(10)9-4/h1H,2H2,(H3,7,8,9,10). The van der Waals surface area contributed by atoms with E-state index in [-0.39, 0.29) is 17.3 Å². The lowest BCUT2D eigenvalue weighted by molar-refractivity contribution is 1.01. The molecule has 5 heteroatoms. The second kappa shape index (κ2) is 2.70. The van der Waals surface area contributed by atoms with Gasteiger partial charge in [0.1, 0.15) is 11.6 Å². The number of aromatic nitrogens is 2. The van der Waals surface area contributed by atoms with Gasteiger partial charge in [-0.25, -0.2) is 4.98 Å². The predicted octanol–water partition coefficient (Wildman–Crippen LogP) is 0.0909. The van der Waals surface area contributed by atoms with Crippen LogP contribution in [0.15, 0.2) is 10.9 Å². The van der Waals surface area contributed by atoms with E-state index >= 15 is 0 Å². The van der Waals surface area contributed by atoms with Gasteiger partial charge in [-0.1, -0.05) is 0 Å². The van der Waals surface area contributed by atoms with Crippen molar-refractivity contribution in [2.75, 3.05) is 5.73 Å². The summed E-state index contributed by atoms with van der Waals surface area (Å²) in [5, 5.41) is 0. The Labute approximate surface area is 62.0 Å². The van der Waals surface area contributed by atoms with Gasteiger partial charge in [0.15, 0.2) is 0 Å². The molecule has 0 aromatic carbocycles. The van der Waals surface area contributed by atoms with Crippen LogP contribution in [0.25, 0.3) is 0 Å². The first kappa shape index (κ1) is 7.08. The van der Waals surface area contributed by atoms with Crippen molar-refractivity contribution in [3.05, 3.63) is 22.2 Å². The number of rotatable bonds is 1. The fraction of sp³-hybridized carbons (Fsp3) is 0.200. The van der Waals surface area contributed by atoms with Crippen LogP contribution in [0.4, 0.5) is 5.82 Å². The van der Waals surface area contributed by atoms with Crippen molar-refractivity contribution in [2.24, 2.45) is 0 Å². The van der Waals surface area contributed by atoms with Gasteiger partial charge < -0.3 is 10.7 Å². The van der Waals surface area contributed by atoms with Crippen LogP contribution in [0.1, 0.15) is 5.82 Å². The highest BCUT2D eigenvalue weighted by Gasteiger charge is 1.94. The lowest BCUT2D eigenvalue weighted by Gasteiger charge is -1.93. The van der Waals surface area contributed by atoms with Gasteiger partial charge in [0.2, 0.25) is 0 Å². The molecule has 0 saturated heterocycles. The van der Waals surface area contributed by atoms with Crippen LogP contribution in [0.2, 0.25) is 0 Å². The average Bonchev–Trinajstić information content (AvgIpc) is 1.85. The van der Waals surface area contributed by atoms with E-state index in [0.29, 0.717) is 5.82 Å². The van der Waals surface area contributed by atoms with E-state index in [2.05, 4.69) is 9.97 Å². The Morgan fingerprint density at radius 3 is 3.00 bits per heavy atom. The third-order valence-electron chi connectivity index (χ3n) is 0.937. The zero-order valence-corrected chi connectivity index (χ0v) is 5.85. The number of nitrogens with one attached hydrogen (secondary N) is 1. The molecule has 1 rings (SSSR count). The minimum absolute atomic E-state index is 0.167. The molecule has 54 valence electrons. The van der Waals surface area contributed by atoms with Gasteiger partial charge in [-0.05, 0) is 0 Å². The number of halogens is 1. The molecule has 0 fully saturated rings. The summed E-state index contributed by atoms with van der Waals surface area (Å²) >= 11 is 5.38. The van der Waals surface area contributed by atoms with E-state index in [9.17, 15) is 4.79 Å². The molecule has 0 aliphatic carbocycles. The third kappa shape index (κ3) is 1.48. The zero-order valence-electron chi connectivity index (χ0n) is 5.10. The summed E-state index contributed by atoms with van der Waals surface area (Å²) in [6.07, 6.45) is 0. The molecule has 0 aliphatic heterocycles.